The summed E-state index contributed by atoms with van der Waals surface area (Å²) in [5.74, 6) is 0.0688. The summed E-state index contributed by atoms with van der Waals surface area (Å²) in [6.07, 6.45) is 8.49. The first kappa shape index (κ1) is 18.7. The summed E-state index contributed by atoms with van der Waals surface area (Å²) < 4.78 is 5.38. The molecule has 6 nitrogen and oxygen atoms in total. The molecule has 0 atom stereocenters. The molecule has 0 radical (unpaired) electrons. The number of nitrogens with one attached hydrogen (secondary N) is 2. The van der Waals surface area contributed by atoms with E-state index < -0.39 is 5.91 Å². The standard InChI is InChI=1S/C19H25N3O3/c1-2-12-25-17-10-8-15(9-11-17)14-20-22-19(24)13-18(23)21-16-6-4-3-5-7-16/h2,8-11,14,16H,1,3-7,12-13H2,(H,21,23)(H,22,24). The van der Waals surface area contributed by atoms with E-state index in [4.69, 9.17) is 4.74 Å². The van der Waals surface area contributed by atoms with Crippen molar-refractivity contribution in [3.63, 3.8) is 0 Å². The molecule has 1 saturated carbocycles. The molecule has 2 N–H and O–H groups in total. The van der Waals surface area contributed by atoms with Crippen molar-refractivity contribution in [2.45, 2.75) is 44.6 Å². The summed E-state index contributed by atoms with van der Waals surface area (Å²) >= 11 is 0. The summed E-state index contributed by atoms with van der Waals surface area (Å²) in [5.41, 5.74) is 3.19. The Hall–Kier alpha value is -2.63. The van der Waals surface area contributed by atoms with Crippen LogP contribution in [0.4, 0.5) is 0 Å². The van der Waals surface area contributed by atoms with Crippen LogP contribution in [0.3, 0.4) is 0 Å². The van der Waals surface area contributed by atoms with Gasteiger partial charge >= 0.3 is 0 Å². The summed E-state index contributed by atoms with van der Waals surface area (Å²) in [7, 11) is 0. The Balaban J connectivity index is 1.70. The number of benzene rings is 1. The Morgan fingerprint density at radius 1 is 1.16 bits per heavy atom. The van der Waals surface area contributed by atoms with E-state index in [1.54, 1.807) is 6.08 Å². The van der Waals surface area contributed by atoms with Crippen molar-refractivity contribution in [2.75, 3.05) is 6.61 Å². The van der Waals surface area contributed by atoms with Gasteiger partial charge in [0.25, 0.3) is 0 Å². The first-order chi connectivity index (χ1) is 12.2. The maximum absolute atomic E-state index is 11.8. The SMILES string of the molecule is C=CCOc1ccc(C=NNC(=O)CC(=O)NC2CCCCC2)cc1. The van der Waals surface area contributed by atoms with E-state index in [0.717, 1.165) is 37.0 Å². The minimum Gasteiger partial charge on any atom is -0.490 e. The third kappa shape index (κ3) is 7.20. The Kier molecular flexibility index (Phi) is 7.69. The molecule has 0 bridgehead atoms. The number of nitrogens with zero attached hydrogens (tertiary/aromatic N) is 1. The molecule has 0 spiro atoms. The van der Waals surface area contributed by atoms with E-state index in [0.29, 0.717) is 6.61 Å². The maximum Gasteiger partial charge on any atom is 0.249 e. The molecule has 1 fully saturated rings. The summed E-state index contributed by atoms with van der Waals surface area (Å²) in [5, 5.41) is 6.78. The van der Waals surface area contributed by atoms with Crippen LogP contribution in [-0.2, 0) is 9.59 Å². The molecule has 0 unspecified atom stereocenters. The van der Waals surface area contributed by atoms with Crippen molar-refractivity contribution >= 4 is 18.0 Å². The Morgan fingerprint density at radius 3 is 2.56 bits per heavy atom. The largest absolute Gasteiger partial charge is 0.490 e. The van der Waals surface area contributed by atoms with Crippen molar-refractivity contribution < 1.29 is 14.3 Å². The van der Waals surface area contributed by atoms with E-state index >= 15 is 0 Å². The number of amides is 2. The highest BCUT2D eigenvalue weighted by atomic mass is 16.5. The quantitative estimate of drug-likeness (QED) is 0.329. The van der Waals surface area contributed by atoms with Crippen LogP contribution < -0.4 is 15.5 Å². The number of ether oxygens (including phenoxy) is 1. The van der Waals surface area contributed by atoms with Gasteiger partial charge in [-0.25, -0.2) is 5.43 Å². The van der Waals surface area contributed by atoms with E-state index in [1.807, 2.05) is 24.3 Å². The van der Waals surface area contributed by atoms with Gasteiger partial charge in [0.15, 0.2) is 0 Å². The zero-order valence-corrected chi connectivity index (χ0v) is 14.4. The normalized spacial score (nSPS) is 14.9. The topological polar surface area (TPSA) is 79.8 Å². The number of carbonyl (C=O) groups excluding carboxylic acids is 2. The minimum atomic E-state index is -0.421. The van der Waals surface area contributed by atoms with Gasteiger partial charge in [0.05, 0.1) is 6.21 Å². The number of carbonyl (C=O) groups is 2. The van der Waals surface area contributed by atoms with Gasteiger partial charge in [-0.2, -0.15) is 5.10 Å². The molecule has 2 rings (SSSR count). The highest BCUT2D eigenvalue weighted by Crippen LogP contribution is 2.17. The van der Waals surface area contributed by atoms with Crippen LogP contribution in [0.25, 0.3) is 0 Å². The summed E-state index contributed by atoms with van der Waals surface area (Å²) in [4.78, 5) is 23.6. The zero-order chi connectivity index (χ0) is 17.9. The van der Waals surface area contributed by atoms with Crippen LogP contribution in [0.5, 0.6) is 5.75 Å². The fourth-order valence-electron chi connectivity index (χ4n) is 2.70. The zero-order valence-electron chi connectivity index (χ0n) is 14.4. The number of hydrogen-bond donors (Lipinski definition) is 2. The molecule has 134 valence electrons. The van der Waals surface area contributed by atoms with Gasteiger partial charge in [-0.1, -0.05) is 31.9 Å². The minimum absolute atomic E-state index is 0.206. The first-order valence-electron chi connectivity index (χ1n) is 8.62. The van der Waals surface area contributed by atoms with Gasteiger partial charge in [0, 0.05) is 6.04 Å². The van der Waals surface area contributed by atoms with Crippen LogP contribution >= 0.6 is 0 Å². The molecule has 0 aliphatic heterocycles. The molecule has 0 saturated heterocycles. The van der Waals surface area contributed by atoms with Crippen molar-refractivity contribution in [1.82, 2.24) is 10.7 Å². The lowest BCUT2D eigenvalue weighted by Gasteiger charge is -2.22. The van der Waals surface area contributed by atoms with Crippen molar-refractivity contribution in [1.29, 1.82) is 0 Å². The third-order valence-electron chi connectivity index (χ3n) is 3.94. The Bertz CT molecular complexity index is 605. The maximum atomic E-state index is 11.8. The van der Waals surface area contributed by atoms with E-state index in [2.05, 4.69) is 22.4 Å². The van der Waals surface area contributed by atoms with Crippen LogP contribution in [0.1, 0.15) is 44.1 Å². The van der Waals surface area contributed by atoms with Crippen LogP contribution in [0, 0.1) is 0 Å². The molecule has 1 aliphatic rings. The van der Waals surface area contributed by atoms with Crippen molar-refractivity contribution in [2.24, 2.45) is 5.10 Å². The van der Waals surface area contributed by atoms with Crippen LogP contribution in [-0.4, -0.2) is 30.7 Å². The lowest BCUT2D eigenvalue weighted by atomic mass is 9.95. The fraction of sp³-hybridized carbons (Fsp3) is 0.421. The molecule has 25 heavy (non-hydrogen) atoms. The lowest BCUT2D eigenvalue weighted by Crippen LogP contribution is -2.38. The second-order valence-electron chi connectivity index (χ2n) is 6.04. The Morgan fingerprint density at radius 2 is 1.88 bits per heavy atom. The summed E-state index contributed by atoms with van der Waals surface area (Å²) in [6, 6.07) is 7.47. The molecule has 2 amide bonds. The van der Waals surface area contributed by atoms with E-state index in [-0.39, 0.29) is 18.4 Å². The highest BCUT2D eigenvalue weighted by molar-refractivity contribution is 5.97. The van der Waals surface area contributed by atoms with E-state index in [1.165, 1.54) is 12.6 Å². The average molecular weight is 343 g/mol. The third-order valence-corrected chi connectivity index (χ3v) is 3.94. The number of hydrazone groups is 1. The van der Waals surface area contributed by atoms with Gasteiger partial charge in [0.2, 0.25) is 11.8 Å². The predicted octanol–water partition coefficient (Wildman–Crippen LogP) is 2.54. The number of hydrogen-bond acceptors (Lipinski definition) is 4. The van der Waals surface area contributed by atoms with E-state index in [9.17, 15) is 9.59 Å². The smallest absolute Gasteiger partial charge is 0.249 e. The van der Waals surface area contributed by atoms with Crippen molar-refractivity contribution in [3.8, 4) is 5.75 Å². The van der Waals surface area contributed by atoms with Gasteiger partial charge in [0.1, 0.15) is 18.8 Å². The molecule has 1 aromatic carbocycles. The fourth-order valence-corrected chi connectivity index (χ4v) is 2.70. The van der Waals surface area contributed by atoms with Crippen LogP contribution in [0.2, 0.25) is 0 Å². The van der Waals surface area contributed by atoms with Gasteiger partial charge in [-0.3, -0.25) is 9.59 Å². The summed E-state index contributed by atoms with van der Waals surface area (Å²) in [6.45, 7) is 4.04. The molecular weight excluding hydrogens is 318 g/mol. The first-order valence-corrected chi connectivity index (χ1v) is 8.62. The monoisotopic (exact) mass is 343 g/mol. The molecule has 1 aromatic rings. The Labute approximate surface area is 148 Å². The van der Waals surface area contributed by atoms with Gasteiger partial charge < -0.3 is 10.1 Å². The van der Waals surface area contributed by atoms with Gasteiger partial charge in [-0.15, -0.1) is 0 Å². The molecule has 0 aromatic heterocycles. The molecule has 1 aliphatic carbocycles. The molecule has 6 heteroatoms. The predicted molar refractivity (Wildman–Crippen MR) is 97.5 cm³/mol. The molecular formula is C19H25N3O3. The molecule has 0 heterocycles. The van der Waals surface area contributed by atoms with Gasteiger partial charge in [-0.05, 0) is 42.7 Å². The average Bonchev–Trinajstić information content (AvgIpc) is 2.61. The lowest BCUT2D eigenvalue weighted by molar-refractivity contribution is -0.129. The van der Waals surface area contributed by atoms with Crippen molar-refractivity contribution in [3.05, 3.63) is 42.5 Å². The van der Waals surface area contributed by atoms with Crippen LogP contribution in [0.15, 0.2) is 42.0 Å². The number of rotatable bonds is 8. The second-order valence-corrected chi connectivity index (χ2v) is 6.04. The highest BCUT2D eigenvalue weighted by Gasteiger charge is 2.17. The second kappa shape index (κ2) is 10.3.